The number of ketones is 1. The molecule has 0 aliphatic heterocycles. The molecule has 6 heteroatoms. The zero-order chi connectivity index (χ0) is 13.3. The van der Waals surface area contributed by atoms with Crippen molar-refractivity contribution in [3.8, 4) is 11.1 Å². The molecule has 0 aliphatic carbocycles. The second-order valence-corrected chi connectivity index (χ2v) is 6.15. The lowest BCUT2D eigenvalue weighted by Gasteiger charge is -2.03. The number of carbonyl (C=O) groups is 1. The Morgan fingerprint density at radius 3 is 2.33 bits per heavy atom. The Kier molecular flexibility index (Phi) is 3.34. The smallest absolute Gasteiger partial charge is 0.240 e. The fourth-order valence-corrected chi connectivity index (χ4v) is 4.01. The molecule has 0 radical (unpaired) electrons. The number of primary sulfonamides is 1. The van der Waals surface area contributed by atoms with Gasteiger partial charge in [-0.15, -0.1) is 11.3 Å². The number of hydrogen-bond acceptors (Lipinski definition) is 4. The van der Waals surface area contributed by atoms with E-state index in [1.54, 1.807) is 29.6 Å². The van der Waals surface area contributed by atoms with Crippen LogP contribution in [-0.2, 0) is 10.0 Å². The normalized spacial score (nSPS) is 11.4. The number of carbonyl (C=O) groups excluding carboxylic acids is 1. The van der Waals surface area contributed by atoms with Crippen molar-refractivity contribution >= 4 is 27.1 Å². The molecule has 0 amide bonds. The lowest BCUT2D eigenvalue weighted by atomic mass is 10.1. The molecule has 0 saturated heterocycles. The Labute approximate surface area is 109 Å². The summed E-state index contributed by atoms with van der Waals surface area (Å²) in [5.41, 5.74) is 1.21. The maximum absolute atomic E-state index is 11.6. The molecule has 0 unspecified atom stereocenters. The van der Waals surface area contributed by atoms with E-state index < -0.39 is 10.0 Å². The Balaban J connectivity index is 2.75. The maximum atomic E-state index is 11.6. The van der Waals surface area contributed by atoms with Gasteiger partial charge < -0.3 is 0 Å². The first-order valence-electron chi connectivity index (χ1n) is 5.12. The van der Waals surface area contributed by atoms with Crippen LogP contribution in [0.15, 0.2) is 40.6 Å². The van der Waals surface area contributed by atoms with Crippen molar-refractivity contribution in [3.05, 3.63) is 40.6 Å². The van der Waals surface area contributed by atoms with Crippen LogP contribution in [0, 0.1) is 0 Å². The largest absolute Gasteiger partial charge is 0.294 e. The summed E-state index contributed by atoms with van der Waals surface area (Å²) in [5.74, 6) is -0.300. The third kappa shape index (κ3) is 2.35. The van der Waals surface area contributed by atoms with Crippen molar-refractivity contribution in [1.82, 2.24) is 0 Å². The average molecular weight is 281 g/mol. The summed E-state index contributed by atoms with van der Waals surface area (Å²) in [6, 6.07) is 8.99. The van der Waals surface area contributed by atoms with Crippen molar-refractivity contribution in [2.45, 2.75) is 11.8 Å². The van der Waals surface area contributed by atoms with Gasteiger partial charge in [-0.1, -0.05) is 30.3 Å². The maximum Gasteiger partial charge on any atom is 0.240 e. The van der Waals surface area contributed by atoms with E-state index in [-0.39, 0.29) is 15.6 Å². The van der Waals surface area contributed by atoms with Crippen LogP contribution in [0.5, 0.6) is 0 Å². The minimum atomic E-state index is -3.92. The van der Waals surface area contributed by atoms with Crippen LogP contribution in [0.3, 0.4) is 0 Å². The SMILES string of the molecule is CC(=O)c1scc(-c2ccccc2)c1S(N)(=O)=O. The van der Waals surface area contributed by atoms with Crippen LogP contribution < -0.4 is 5.14 Å². The summed E-state index contributed by atoms with van der Waals surface area (Å²) in [5, 5.41) is 6.85. The fourth-order valence-electron chi connectivity index (χ4n) is 1.69. The predicted octanol–water partition coefficient (Wildman–Crippen LogP) is 2.27. The summed E-state index contributed by atoms with van der Waals surface area (Å²) < 4.78 is 23.3. The molecule has 2 aromatic rings. The molecule has 18 heavy (non-hydrogen) atoms. The van der Waals surface area contributed by atoms with Gasteiger partial charge in [0, 0.05) is 10.9 Å². The number of Topliss-reactive ketones (excluding diaryl/α,β-unsaturated/α-hetero) is 1. The van der Waals surface area contributed by atoms with Gasteiger partial charge in [0.1, 0.15) is 4.90 Å². The summed E-state index contributed by atoms with van der Waals surface area (Å²) in [6.07, 6.45) is 0. The summed E-state index contributed by atoms with van der Waals surface area (Å²) in [6.45, 7) is 1.33. The molecule has 94 valence electrons. The Morgan fingerprint density at radius 2 is 1.83 bits per heavy atom. The van der Waals surface area contributed by atoms with Gasteiger partial charge in [-0.3, -0.25) is 4.79 Å². The molecule has 0 fully saturated rings. The molecule has 0 aliphatic rings. The molecule has 1 aromatic heterocycles. The van der Waals surface area contributed by atoms with E-state index in [9.17, 15) is 13.2 Å². The number of rotatable bonds is 3. The zero-order valence-corrected chi connectivity index (χ0v) is 11.2. The molecule has 2 rings (SSSR count). The summed E-state index contributed by atoms with van der Waals surface area (Å²) in [4.78, 5) is 11.5. The number of hydrogen-bond donors (Lipinski definition) is 1. The Morgan fingerprint density at radius 1 is 1.22 bits per heavy atom. The van der Waals surface area contributed by atoms with Gasteiger partial charge in [0.05, 0.1) is 4.88 Å². The second-order valence-electron chi connectivity index (χ2n) is 3.77. The lowest BCUT2D eigenvalue weighted by Crippen LogP contribution is -2.15. The number of sulfonamides is 1. The zero-order valence-electron chi connectivity index (χ0n) is 9.58. The predicted molar refractivity (Wildman–Crippen MR) is 71.1 cm³/mol. The van der Waals surface area contributed by atoms with E-state index in [0.717, 1.165) is 16.9 Å². The minimum Gasteiger partial charge on any atom is -0.294 e. The van der Waals surface area contributed by atoms with Gasteiger partial charge in [0.2, 0.25) is 10.0 Å². The van der Waals surface area contributed by atoms with Crippen molar-refractivity contribution < 1.29 is 13.2 Å². The van der Waals surface area contributed by atoms with E-state index in [4.69, 9.17) is 5.14 Å². The van der Waals surface area contributed by atoms with Crippen molar-refractivity contribution in [1.29, 1.82) is 0 Å². The van der Waals surface area contributed by atoms with Crippen LogP contribution >= 0.6 is 11.3 Å². The molecule has 1 heterocycles. The number of nitrogens with two attached hydrogens (primary N) is 1. The molecule has 0 saturated carbocycles. The lowest BCUT2D eigenvalue weighted by molar-refractivity contribution is 0.101. The topological polar surface area (TPSA) is 77.2 Å². The second kappa shape index (κ2) is 4.64. The molecule has 4 nitrogen and oxygen atoms in total. The standard InChI is InChI=1S/C12H11NO3S2/c1-8(14)11-12(18(13,15)16)10(7-17-11)9-5-3-2-4-6-9/h2-7H,1H3,(H2,13,15,16). The first kappa shape index (κ1) is 12.9. The van der Waals surface area contributed by atoms with Gasteiger partial charge in [0.25, 0.3) is 0 Å². The van der Waals surface area contributed by atoms with Crippen LogP contribution in [0.4, 0.5) is 0 Å². The monoisotopic (exact) mass is 281 g/mol. The highest BCUT2D eigenvalue weighted by molar-refractivity contribution is 7.89. The summed E-state index contributed by atoms with van der Waals surface area (Å²) >= 11 is 1.10. The highest BCUT2D eigenvalue weighted by atomic mass is 32.2. The van der Waals surface area contributed by atoms with Gasteiger partial charge >= 0.3 is 0 Å². The van der Waals surface area contributed by atoms with Gasteiger partial charge in [-0.25, -0.2) is 13.6 Å². The van der Waals surface area contributed by atoms with Crippen molar-refractivity contribution in [3.63, 3.8) is 0 Å². The third-order valence-corrected chi connectivity index (χ3v) is 4.64. The molecular formula is C12H11NO3S2. The molecule has 0 atom stereocenters. The van der Waals surface area contributed by atoms with E-state index in [0.29, 0.717) is 5.56 Å². The van der Waals surface area contributed by atoms with Crippen molar-refractivity contribution in [2.24, 2.45) is 5.14 Å². The van der Waals surface area contributed by atoms with Gasteiger partial charge in [0.15, 0.2) is 5.78 Å². The molecule has 2 N–H and O–H groups in total. The van der Waals surface area contributed by atoms with E-state index >= 15 is 0 Å². The number of benzene rings is 1. The highest BCUT2D eigenvalue weighted by Gasteiger charge is 2.24. The van der Waals surface area contributed by atoms with Gasteiger partial charge in [-0.2, -0.15) is 0 Å². The summed E-state index contributed by atoms with van der Waals surface area (Å²) in [7, 11) is -3.92. The fraction of sp³-hybridized carbons (Fsp3) is 0.0833. The minimum absolute atomic E-state index is 0.0776. The van der Waals surface area contributed by atoms with E-state index in [2.05, 4.69) is 0 Å². The molecular weight excluding hydrogens is 270 g/mol. The van der Waals surface area contributed by atoms with Crippen LogP contribution in [0.25, 0.3) is 11.1 Å². The number of thiophene rings is 1. The highest BCUT2D eigenvalue weighted by Crippen LogP contribution is 2.34. The third-order valence-electron chi connectivity index (χ3n) is 2.43. The Hall–Kier alpha value is -1.50. The molecule has 0 bridgehead atoms. The molecule has 1 aromatic carbocycles. The molecule has 0 spiro atoms. The van der Waals surface area contributed by atoms with Crippen LogP contribution in [-0.4, -0.2) is 14.2 Å². The first-order valence-corrected chi connectivity index (χ1v) is 7.54. The Bertz CT molecular complexity index is 687. The quantitative estimate of drug-likeness (QED) is 0.877. The van der Waals surface area contributed by atoms with Crippen molar-refractivity contribution in [2.75, 3.05) is 0 Å². The van der Waals surface area contributed by atoms with E-state index in [1.165, 1.54) is 6.92 Å². The van der Waals surface area contributed by atoms with Crippen LogP contribution in [0.2, 0.25) is 0 Å². The first-order chi connectivity index (χ1) is 8.41. The van der Waals surface area contributed by atoms with E-state index in [1.807, 2.05) is 6.07 Å². The van der Waals surface area contributed by atoms with Crippen LogP contribution in [0.1, 0.15) is 16.6 Å². The average Bonchev–Trinajstić information content (AvgIpc) is 2.74. The van der Waals surface area contributed by atoms with Gasteiger partial charge in [-0.05, 0) is 12.5 Å².